The van der Waals surface area contributed by atoms with E-state index in [1.54, 1.807) is 30.3 Å². The Morgan fingerprint density at radius 1 is 1.06 bits per heavy atom. The van der Waals surface area contributed by atoms with Gasteiger partial charge in [-0.15, -0.1) is 0 Å². The first kappa shape index (κ1) is 23.4. The molecule has 0 aliphatic heterocycles. The van der Waals surface area contributed by atoms with Gasteiger partial charge < -0.3 is 15.4 Å². The number of carbonyl (C=O) groups is 1. The number of rotatable bonds is 5. The summed E-state index contributed by atoms with van der Waals surface area (Å²) in [6.45, 7) is 0. The number of carbonyl (C=O) groups excluding carboxylic acids is 1. The smallest absolute Gasteiger partial charge is 0.433 e. The van der Waals surface area contributed by atoms with E-state index < -0.39 is 23.7 Å². The Bertz CT molecular complexity index is 985. The van der Waals surface area contributed by atoms with Gasteiger partial charge in [0, 0.05) is 23.0 Å². The van der Waals surface area contributed by atoms with Crippen LogP contribution in [0.3, 0.4) is 0 Å². The number of nitrogens with zero attached hydrogens (tertiary/aromatic N) is 1. The monoisotopic (exact) mass is 459 g/mol. The number of anilines is 1. The molecule has 1 aromatic carbocycles. The quantitative estimate of drug-likeness (QED) is 0.588. The van der Waals surface area contributed by atoms with Crippen molar-refractivity contribution in [3.8, 4) is 5.75 Å². The van der Waals surface area contributed by atoms with E-state index in [-0.39, 0.29) is 17.6 Å². The zero-order valence-corrected chi connectivity index (χ0v) is 16.8. The molecule has 0 radical (unpaired) electrons. The van der Waals surface area contributed by atoms with Crippen molar-refractivity contribution in [2.45, 2.75) is 37.7 Å². The van der Waals surface area contributed by atoms with Gasteiger partial charge in [0.05, 0.1) is 7.11 Å². The fraction of sp³-hybridized carbons (Fsp3) is 0.333. The van der Waals surface area contributed by atoms with Crippen molar-refractivity contribution >= 4 is 11.6 Å². The van der Waals surface area contributed by atoms with Gasteiger partial charge in [-0.1, -0.05) is 12.1 Å². The van der Waals surface area contributed by atoms with Gasteiger partial charge in [0.25, 0.3) is 5.91 Å². The van der Waals surface area contributed by atoms with E-state index in [1.165, 1.54) is 7.11 Å². The van der Waals surface area contributed by atoms with Crippen LogP contribution in [0.5, 0.6) is 5.75 Å². The topological polar surface area (TPSA) is 63.2 Å². The van der Waals surface area contributed by atoms with E-state index in [2.05, 4.69) is 15.6 Å². The maximum Gasteiger partial charge on any atom is 0.433 e. The molecule has 0 saturated heterocycles. The van der Waals surface area contributed by atoms with E-state index in [9.17, 15) is 31.1 Å². The molecule has 172 valence electrons. The van der Waals surface area contributed by atoms with Crippen molar-refractivity contribution in [3.63, 3.8) is 0 Å². The number of methoxy groups -OCH3 is 1. The fourth-order valence-corrected chi connectivity index (χ4v) is 3.19. The number of ether oxygens (including phenoxy) is 1. The van der Waals surface area contributed by atoms with Gasteiger partial charge in [-0.2, -0.15) is 26.3 Å². The number of alkyl halides is 6. The molecular weight excluding hydrogens is 440 g/mol. The number of hydrogen-bond acceptors (Lipinski definition) is 4. The van der Waals surface area contributed by atoms with Crippen LogP contribution in [0.4, 0.5) is 32.0 Å². The van der Waals surface area contributed by atoms with Crippen molar-refractivity contribution in [2.75, 3.05) is 12.4 Å². The number of hydrogen-bond donors (Lipinski definition) is 2. The van der Waals surface area contributed by atoms with Crippen molar-refractivity contribution in [1.29, 1.82) is 0 Å². The second kappa shape index (κ2) is 9.09. The molecule has 1 aliphatic carbocycles. The number of amides is 1. The Kier molecular flexibility index (Phi) is 6.65. The van der Waals surface area contributed by atoms with E-state index in [0.717, 1.165) is 0 Å². The van der Waals surface area contributed by atoms with Crippen LogP contribution >= 0.6 is 0 Å². The molecular formula is C21H19F6N3O2. The summed E-state index contributed by atoms with van der Waals surface area (Å²) in [4.78, 5) is 15.1. The lowest BCUT2D eigenvalue weighted by Crippen LogP contribution is -2.36. The molecule has 1 aliphatic rings. The van der Waals surface area contributed by atoms with Gasteiger partial charge >= 0.3 is 12.4 Å². The summed E-state index contributed by atoms with van der Waals surface area (Å²) in [5, 5.41) is 5.47. The molecule has 1 amide bonds. The Hall–Kier alpha value is -3.24. The molecule has 2 aromatic rings. The van der Waals surface area contributed by atoms with E-state index >= 15 is 0 Å². The Morgan fingerprint density at radius 3 is 2.25 bits per heavy atom. The zero-order valence-electron chi connectivity index (χ0n) is 16.8. The highest BCUT2D eigenvalue weighted by atomic mass is 19.4. The van der Waals surface area contributed by atoms with Crippen LogP contribution in [-0.4, -0.2) is 24.0 Å². The van der Waals surface area contributed by atoms with Gasteiger partial charge in [0.1, 0.15) is 17.1 Å². The summed E-state index contributed by atoms with van der Waals surface area (Å²) < 4.78 is 82.8. The molecule has 0 fully saturated rings. The maximum atomic E-state index is 13.0. The van der Waals surface area contributed by atoms with Crippen LogP contribution in [0, 0.1) is 0 Å². The summed E-state index contributed by atoms with van der Waals surface area (Å²) >= 11 is 0. The Morgan fingerprint density at radius 2 is 1.72 bits per heavy atom. The molecule has 1 atom stereocenters. The number of pyridine rings is 1. The molecule has 3 rings (SSSR count). The van der Waals surface area contributed by atoms with Crippen molar-refractivity contribution in [1.82, 2.24) is 10.3 Å². The third-order valence-electron chi connectivity index (χ3n) is 4.79. The van der Waals surface area contributed by atoms with Crippen LogP contribution in [0.1, 0.15) is 41.0 Å². The van der Waals surface area contributed by atoms with Crippen molar-refractivity contribution in [2.24, 2.45) is 0 Å². The molecule has 1 aromatic heterocycles. The standard InChI is InChI=1S/C21H19F6N3O2/c1-32-16-4-2-3-12(9-16)19(31)29-14-7-5-13(6-8-14)28-15-10-17(20(22,23)24)30-18(11-15)21(25,26)27/h2-5,9-11,14H,6-8H2,1H3,(H,28,30)(H,29,31)/t14-/m1/s1. The first-order valence-electron chi connectivity index (χ1n) is 9.53. The predicted octanol–water partition coefficient (Wildman–Crippen LogP) is 5.41. The Labute approximate surface area is 179 Å². The summed E-state index contributed by atoms with van der Waals surface area (Å²) in [6, 6.07) is 7.43. The van der Waals surface area contributed by atoms with Crippen molar-refractivity contribution < 1.29 is 35.9 Å². The molecule has 32 heavy (non-hydrogen) atoms. The molecule has 1 heterocycles. The van der Waals surface area contributed by atoms with Crippen LogP contribution < -0.4 is 15.4 Å². The van der Waals surface area contributed by atoms with Crippen LogP contribution in [-0.2, 0) is 12.4 Å². The highest BCUT2D eigenvalue weighted by Crippen LogP contribution is 2.35. The lowest BCUT2D eigenvalue weighted by molar-refractivity contribution is -0.150. The number of halogens is 6. The lowest BCUT2D eigenvalue weighted by atomic mass is 9.98. The second-order valence-electron chi connectivity index (χ2n) is 7.15. The highest BCUT2D eigenvalue weighted by Gasteiger charge is 2.39. The molecule has 0 saturated carbocycles. The molecule has 0 unspecified atom stereocenters. The zero-order chi connectivity index (χ0) is 23.5. The van der Waals surface area contributed by atoms with Gasteiger partial charge in [-0.3, -0.25) is 4.79 Å². The Balaban J connectivity index is 1.68. The third-order valence-corrected chi connectivity index (χ3v) is 4.79. The number of benzene rings is 1. The average Bonchev–Trinajstić information content (AvgIpc) is 2.73. The maximum absolute atomic E-state index is 13.0. The van der Waals surface area contributed by atoms with Crippen LogP contribution in [0.25, 0.3) is 0 Å². The van der Waals surface area contributed by atoms with Crippen molar-refractivity contribution in [3.05, 3.63) is 65.1 Å². The average molecular weight is 459 g/mol. The minimum Gasteiger partial charge on any atom is -0.497 e. The molecule has 5 nitrogen and oxygen atoms in total. The van der Waals surface area contributed by atoms with E-state index in [1.807, 2.05) is 0 Å². The lowest BCUT2D eigenvalue weighted by Gasteiger charge is -2.24. The molecule has 11 heteroatoms. The normalized spacial score (nSPS) is 16.8. The third kappa shape index (κ3) is 5.92. The minimum absolute atomic E-state index is 0.229. The van der Waals surface area contributed by atoms with E-state index in [0.29, 0.717) is 48.4 Å². The summed E-state index contributed by atoms with van der Waals surface area (Å²) in [6.07, 6.45) is -7.25. The molecule has 2 N–H and O–H groups in total. The first-order chi connectivity index (χ1) is 15.0. The first-order valence-corrected chi connectivity index (χ1v) is 9.53. The number of allylic oxidation sites excluding steroid dienone is 1. The SMILES string of the molecule is COc1cccc(C(=O)N[C@@H]2CC=C(Nc3cc(C(F)(F)F)nc(C(F)(F)F)c3)CC2)c1. The fourth-order valence-electron chi connectivity index (χ4n) is 3.19. The highest BCUT2D eigenvalue weighted by molar-refractivity contribution is 5.94. The second-order valence-corrected chi connectivity index (χ2v) is 7.15. The van der Waals surface area contributed by atoms with Gasteiger partial charge in [0.15, 0.2) is 0 Å². The number of aromatic nitrogens is 1. The van der Waals surface area contributed by atoms with Gasteiger partial charge in [0.2, 0.25) is 0 Å². The van der Waals surface area contributed by atoms with E-state index in [4.69, 9.17) is 4.74 Å². The summed E-state index contributed by atoms with van der Waals surface area (Å²) in [5.74, 6) is 0.221. The summed E-state index contributed by atoms with van der Waals surface area (Å²) in [5.41, 5.74) is -2.74. The van der Waals surface area contributed by atoms with Gasteiger partial charge in [-0.25, -0.2) is 4.98 Å². The van der Waals surface area contributed by atoms with Crippen LogP contribution in [0.15, 0.2) is 48.2 Å². The number of nitrogens with one attached hydrogen (secondary N) is 2. The van der Waals surface area contributed by atoms with Gasteiger partial charge in [-0.05, 0) is 49.6 Å². The van der Waals surface area contributed by atoms with Crippen LogP contribution in [0.2, 0.25) is 0 Å². The molecule has 0 bridgehead atoms. The minimum atomic E-state index is -5.02. The molecule has 0 spiro atoms. The predicted molar refractivity (Wildman–Crippen MR) is 104 cm³/mol. The largest absolute Gasteiger partial charge is 0.497 e. The summed E-state index contributed by atoms with van der Waals surface area (Å²) in [7, 11) is 1.48.